The summed E-state index contributed by atoms with van der Waals surface area (Å²) in [6.45, 7) is 7.53. The van der Waals surface area contributed by atoms with Crippen LogP contribution in [0.25, 0.3) is 10.9 Å². The Bertz CT molecular complexity index is 1110. The summed E-state index contributed by atoms with van der Waals surface area (Å²) < 4.78 is 12.4. The highest BCUT2D eigenvalue weighted by Gasteiger charge is 2.27. The molecule has 0 bridgehead atoms. The summed E-state index contributed by atoms with van der Waals surface area (Å²) in [4.78, 5) is 37.9. The van der Waals surface area contributed by atoms with Gasteiger partial charge >= 0.3 is 11.9 Å². The zero-order valence-corrected chi connectivity index (χ0v) is 18.9. The minimum absolute atomic E-state index is 0.188. The van der Waals surface area contributed by atoms with Gasteiger partial charge in [0, 0.05) is 24.7 Å². The van der Waals surface area contributed by atoms with Crippen LogP contribution in [0.2, 0.25) is 0 Å². The van der Waals surface area contributed by atoms with Crippen molar-refractivity contribution < 1.29 is 23.9 Å². The number of aromatic nitrogens is 1. The number of nitrogens with one attached hydrogen (secondary N) is 1. The Morgan fingerprint density at radius 3 is 2.58 bits per heavy atom. The first-order chi connectivity index (χ1) is 14.8. The number of thiophene rings is 1. The minimum Gasteiger partial charge on any atom is -0.462 e. The molecule has 2 heterocycles. The van der Waals surface area contributed by atoms with Crippen LogP contribution >= 0.6 is 11.3 Å². The molecule has 0 aliphatic rings. The number of para-hydroxylation sites is 1. The van der Waals surface area contributed by atoms with Gasteiger partial charge in [0.05, 0.1) is 18.3 Å². The quantitative estimate of drug-likeness (QED) is 0.507. The Morgan fingerprint density at radius 2 is 1.87 bits per heavy atom. The maximum absolute atomic E-state index is 12.7. The standard InChI is InChI=1S/C23H26N2O5S/c1-5-29-22(27)19-15(4)20(23(28)30-14(2)3)31-21(19)24-18(26)11-13-25-12-10-16-8-6-7-9-17(16)25/h6-10,12,14H,5,11,13H2,1-4H3,(H,24,26). The third kappa shape index (κ3) is 5.14. The number of aryl methyl sites for hydroxylation is 1. The highest BCUT2D eigenvalue weighted by atomic mass is 32.1. The molecule has 3 rings (SSSR count). The molecule has 1 aromatic carbocycles. The summed E-state index contributed by atoms with van der Waals surface area (Å²) in [6.07, 6.45) is 1.86. The molecule has 0 saturated heterocycles. The summed E-state index contributed by atoms with van der Waals surface area (Å²) in [7, 11) is 0. The molecule has 3 aromatic rings. The zero-order valence-electron chi connectivity index (χ0n) is 18.1. The number of hydrogen-bond donors (Lipinski definition) is 1. The van der Waals surface area contributed by atoms with Crippen LogP contribution in [-0.4, -0.2) is 35.1 Å². The lowest BCUT2D eigenvalue weighted by molar-refractivity contribution is -0.116. The van der Waals surface area contributed by atoms with Crippen LogP contribution in [0.3, 0.4) is 0 Å². The number of fused-ring (bicyclic) bond motifs is 1. The fraction of sp³-hybridized carbons (Fsp3) is 0.348. The lowest BCUT2D eigenvalue weighted by Gasteiger charge is -2.08. The lowest BCUT2D eigenvalue weighted by Crippen LogP contribution is -2.16. The van der Waals surface area contributed by atoms with E-state index < -0.39 is 11.9 Å². The summed E-state index contributed by atoms with van der Waals surface area (Å²) in [5, 5.41) is 4.19. The third-order valence-corrected chi connectivity index (χ3v) is 5.85. The van der Waals surface area contributed by atoms with Crippen molar-refractivity contribution in [3.05, 3.63) is 52.5 Å². The Balaban J connectivity index is 1.79. The normalized spacial score (nSPS) is 11.0. The van der Waals surface area contributed by atoms with Crippen LogP contribution in [0.1, 0.15) is 52.8 Å². The van der Waals surface area contributed by atoms with Crippen LogP contribution in [-0.2, 0) is 20.8 Å². The predicted octanol–water partition coefficient (Wildman–Crippen LogP) is 4.78. The smallest absolute Gasteiger partial charge is 0.348 e. The number of amides is 1. The Hall–Kier alpha value is -3.13. The third-order valence-electron chi connectivity index (χ3n) is 4.67. The van der Waals surface area contributed by atoms with Crippen LogP contribution in [0.15, 0.2) is 36.5 Å². The fourth-order valence-corrected chi connectivity index (χ4v) is 4.35. The lowest BCUT2D eigenvalue weighted by atomic mass is 10.1. The molecular formula is C23H26N2O5S. The molecule has 1 amide bonds. The average molecular weight is 443 g/mol. The topological polar surface area (TPSA) is 86.6 Å². The molecule has 0 aliphatic heterocycles. The highest BCUT2D eigenvalue weighted by molar-refractivity contribution is 7.18. The van der Waals surface area contributed by atoms with E-state index in [1.165, 1.54) is 0 Å². The molecule has 0 saturated carbocycles. The molecule has 0 unspecified atom stereocenters. The van der Waals surface area contributed by atoms with Crippen molar-refractivity contribution in [2.24, 2.45) is 0 Å². The highest BCUT2D eigenvalue weighted by Crippen LogP contribution is 2.34. The number of carbonyl (C=O) groups is 3. The number of esters is 2. The Morgan fingerprint density at radius 1 is 1.13 bits per heavy atom. The molecule has 31 heavy (non-hydrogen) atoms. The first-order valence-electron chi connectivity index (χ1n) is 10.2. The van der Waals surface area contributed by atoms with E-state index in [4.69, 9.17) is 9.47 Å². The second kappa shape index (κ2) is 9.78. The molecule has 0 atom stereocenters. The van der Waals surface area contributed by atoms with Gasteiger partial charge in [-0.25, -0.2) is 9.59 Å². The van der Waals surface area contributed by atoms with Gasteiger partial charge in [-0.2, -0.15) is 0 Å². The monoisotopic (exact) mass is 442 g/mol. The van der Waals surface area contributed by atoms with E-state index >= 15 is 0 Å². The molecule has 2 aromatic heterocycles. The van der Waals surface area contributed by atoms with E-state index in [-0.39, 0.29) is 35.5 Å². The number of nitrogens with zero attached hydrogens (tertiary/aromatic N) is 1. The van der Waals surface area contributed by atoms with Crippen LogP contribution in [0, 0.1) is 6.92 Å². The second-order valence-corrected chi connectivity index (χ2v) is 8.32. The first-order valence-corrected chi connectivity index (χ1v) is 11.0. The number of benzene rings is 1. The molecular weight excluding hydrogens is 416 g/mol. The largest absolute Gasteiger partial charge is 0.462 e. The van der Waals surface area contributed by atoms with Crippen molar-refractivity contribution in [2.45, 2.75) is 46.8 Å². The molecule has 1 N–H and O–H groups in total. The van der Waals surface area contributed by atoms with E-state index in [0.717, 1.165) is 22.2 Å². The van der Waals surface area contributed by atoms with Crippen molar-refractivity contribution in [3.8, 4) is 0 Å². The van der Waals surface area contributed by atoms with Crippen molar-refractivity contribution in [1.82, 2.24) is 4.57 Å². The van der Waals surface area contributed by atoms with Crippen molar-refractivity contribution >= 4 is 45.1 Å². The van der Waals surface area contributed by atoms with Gasteiger partial charge in [-0.1, -0.05) is 18.2 Å². The van der Waals surface area contributed by atoms with E-state index in [1.807, 2.05) is 41.1 Å². The molecule has 164 valence electrons. The van der Waals surface area contributed by atoms with Gasteiger partial charge in [0.1, 0.15) is 9.88 Å². The van der Waals surface area contributed by atoms with Crippen molar-refractivity contribution in [3.63, 3.8) is 0 Å². The van der Waals surface area contributed by atoms with Crippen LogP contribution in [0.5, 0.6) is 0 Å². The molecule has 0 aliphatic carbocycles. The zero-order chi connectivity index (χ0) is 22.5. The summed E-state index contributed by atoms with van der Waals surface area (Å²) in [5.74, 6) is -1.36. The maximum atomic E-state index is 12.7. The van der Waals surface area contributed by atoms with Crippen molar-refractivity contribution in [1.29, 1.82) is 0 Å². The van der Waals surface area contributed by atoms with Gasteiger partial charge in [0.2, 0.25) is 5.91 Å². The minimum atomic E-state index is -0.577. The Labute approximate surface area is 185 Å². The number of carbonyl (C=O) groups excluding carboxylic acids is 3. The fourth-order valence-electron chi connectivity index (χ4n) is 3.26. The van der Waals surface area contributed by atoms with Gasteiger partial charge in [-0.05, 0) is 50.8 Å². The van der Waals surface area contributed by atoms with Gasteiger partial charge < -0.3 is 19.4 Å². The number of hydrogen-bond acceptors (Lipinski definition) is 6. The summed E-state index contributed by atoms with van der Waals surface area (Å²) in [5.41, 5.74) is 1.69. The molecule has 7 nitrogen and oxygen atoms in total. The summed E-state index contributed by atoms with van der Waals surface area (Å²) in [6, 6.07) is 9.94. The van der Waals surface area contributed by atoms with Crippen LogP contribution in [0.4, 0.5) is 5.00 Å². The van der Waals surface area contributed by atoms with E-state index in [1.54, 1.807) is 27.7 Å². The Kier molecular flexibility index (Phi) is 7.12. The predicted molar refractivity (Wildman–Crippen MR) is 121 cm³/mol. The second-order valence-electron chi connectivity index (χ2n) is 7.30. The number of anilines is 1. The van der Waals surface area contributed by atoms with Crippen molar-refractivity contribution in [2.75, 3.05) is 11.9 Å². The number of ether oxygens (including phenoxy) is 2. The molecule has 0 spiro atoms. The molecule has 8 heteroatoms. The average Bonchev–Trinajstić information content (AvgIpc) is 3.27. The maximum Gasteiger partial charge on any atom is 0.348 e. The summed E-state index contributed by atoms with van der Waals surface area (Å²) >= 11 is 1.03. The van der Waals surface area contributed by atoms with E-state index in [9.17, 15) is 14.4 Å². The molecule has 0 radical (unpaired) electrons. The molecule has 0 fully saturated rings. The van der Waals surface area contributed by atoms with E-state index in [2.05, 4.69) is 5.32 Å². The van der Waals surface area contributed by atoms with Gasteiger partial charge in [-0.15, -0.1) is 11.3 Å². The van der Waals surface area contributed by atoms with Crippen LogP contribution < -0.4 is 5.32 Å². The first kappa shape index (κ1) is 22.6. The van der Waals surface area contributed by atoms with Gasteiger partial charge in [-0.3, -0.25) is 4.79 Å². The van der Waals surface area contributed by atoms with Gasteiger partial charge in [0.25, 0.3) is 0 Å². The number of rotatable bonds is 8. The SMILES string of the molecule is CCOC(=O)c1c(NC(=O)CCn2ccc3ccccc32)sc(C(=O)OC(C)C)c1C. The van der Waals surface area contributed by atoms with E-state index in [0.29, 0.717) is 17.1 Å². The van der Waals surface area contributed by atoms with Gasteiger partial charge in [0.15, 0.2) is 0 Å².